The van der Waals surface area contributed by atoms with Crippen molar-refractivity contribution in [3.8, 4) is 0 Å². The quantitative estimate of drug-likeness (QED) is 0.361. The third-order valence-corrected chi connectivity index (χ3v) is 6.91. The van der Waals surface area contributed by atoms with Crippen molar-refractivity contribution in [2.24, 2.45) is 11.7 Å². The minimum Gasteiger partial charge on any atom is -0.395 e. The van der Waals surface area contributed by atoms with E-state index in [1.54, 1.807) is 24.3 Å². The number of aromatic nitrogens is 1. The van der Waals surface area contributed by atoms with E-state index in [1.807, 2.05) is 31.2 Å². The largest absolute Gasteiger partial charge is 0.395 e. The first kappa shape index (κ1) is 27.2. The van der Waals surface area contributed by atoms with Gasteiger partial charge >= 0.3 is 0 Å². The molecule has 0 saturated carbocycles. The highest BCUT2D eigenvalue weighted by atomic mass is 35.5. The van der Waals surface area contributed by atoms with Gasteiger partial charge in [0.15, 0.2) is 5.69 Å². The van der Waals surface area contributed by atoms with E-state index in [0.717, 1.165) is 23.5 Å². The number of primary amides is 1. The van der Waals surface area contributed by atoms with Gasteiger partial charge in [-0.05, 0) is 48.0 Å². The van der Waals surface area contributed by atoms with Gasteiger partial charge < -0.3 is 21.7 Å². The second-order valence-electron chi connectivity index (χ2n) is 8.95. The van der Waals surface area contributed by atoms with Crippen molar-refractivity contribution in [1.29, 1.82) is 0 Å². The number of halogens is 1. The molecule has 0 aliphatic rings. The lowest BCUT2D eigenvalue weighted by Gasteiger charge is -2.31. The van der Waals surface area contributed by atoms with Gasteiger partial charge in [-0.3, -0.25) is 14.4 Å². The number of aryl methyl sites for hydroxylation is 1. The topological polar surface area (TPSA) is 131 Å². The second kappa shape index (κ2) is 12.0. The van der Waals surface area contributed by atoms with Crippen molar-refractivity contribution in [3.63, 3.8) is 0 Å². The smallest absolute Gasteiger partial charge is 0.270 e. The third-order valence-electron chi connectivity index (χ3n) is 5.69. The molecule has 1 atom stereocenters. The molecule has 8 nitrogen and oxygen atoms in total. The molecule has 10 heteroatoms. The number of anilines is 1. The van der Waals surface area contributed by atoms with Crippen LogP contribution < -0.4 is 16.8 Å². The average molecular weight is 528 g/mol. The number of carbonyl (C=O) groups is 3. The lowest BCUT2D eigenvalue weighted by atomic mass is 10.0. The number of nitrogens with two attached hydrogens (primary N) is 2. The van der Waals surface area contributed by atoms with E-state index in [0.29, 0.717) is 28.6 Å². The Bertz CT molecular complexity index is 1240. The molecule has 0 bridgehead atoms. The normalized spacial score (nSPS) is 11.8. The number of rotatable bonds is 10. The van der Waals surface area contributed by atoms with Crippen molar-refractivity contribution >= 4 is 46.5 Å². The first-order valence-electron chi connectivity index (χ1n) is 11.5. The number of nitrogens with zero attached hydrogens (tertiary/aromatic N) is 2. The summed E-state index contributed by atoms with van der Waals surface area (Å²) in [5.74, 6) is -1.32. The third kappa shape index (κ3) is 6.41. The van der Waals surface area contributed by atoms with Gasteiger partial charge in [0.1, 0.15) is 10.9 Å². The summed E-state index contributed by atoms with van der Waals surface area (Å²) in [4.78, 5) is 40.7. The average Bonchev–Trinajstić information content (AvgIpc) is 3.22. The predicted molar refractivity (Wildman–Crippen MR) is 143 cm³/mol. The Morgan fingerprint density at radius 3 is 2.36 bits per heavy atom. The van der Waals surface area contributed by atoms with Crippen molar-refractivity contribution in [2.45, 2.75) is 39.8 Å². The molecule has 1 heterocycles. The van der Waals surface area contributed by atoms with Crippen molar-refractivity contribution < 1.29 is 14.4 Å². The maximum Gasteiger partial charge on any atom is 0.270 e. The molecule has 190 valence electrons. The van der Waals surface area contributed by atoms with Gasteiger partial charge in [-0.25, -0.2) is 0 Å². The molecule has 1 aromatic heterocycles. The number of carbonyl (C=O) groups excluding carboxylic acids is 3. The zero-order valence-corrected chi connectivity index (χ0v) is 22.0. The molecule has 0 spiro atoms. The van der Waals surface area contributed by atoms with Crippen LogP contribution in [0.25, 0.3) is 0 Å². The molecular weight excluding hydrogens is 498 g/mol. The van der Waals surface area contributed by atoms with Crippen LogP contribution in [0.4, 0.5) is 5.69 Å². The fraction of sp³-hybridized carbons (Fsp3) is 0.308. The van der Waals surface area contributed by atoms with Crippen molar-refractivity contribution in [2.75, 3.05) is 12.3 Å². The molecule has 0 fully saturated rings. The van der Waals surface area contributed by atoms with Crippen LogP contribution in [0.5, 0.6) is 0 Å². The maximum absolute atomic E-state index is 13.9. The van der Waals surface area contributed by atoms with Crippen LogP contribution in [0.3, 0.4) is 0 Å². The fourth-order valence-electron chi connectivity index (χ4n) is 3.65. The van der Waals surface area contributed by atoms with Gasteiger partial charge in [0, 0.05) is 18.1 Å². The predicted octanol–water partition coefficient (Wildman–Crippen LogP) is 4.33. The Morgan fingerprint density at radius 1 is 1.11 bits per heavy atom. The summed E-state index contributed by atoms with van der Waals surface area (Å²) >= 11 is 7.20. The standard InChI is InChI=1S/C26H30ClN5O3S/c1-15(2)12-13-30-25(34)22(17-10-8-16(3)9-11-17)32(14-18-6-4-5-7-19(18)27)26(35)23-20(28)21(24(29)33)31-36-23/h4-11,15,22H,12-14,28H2,1-3H3,(H2,29,33)(H,30,34). The molecule has 0 radical (unpaired) electrons. The molecular formula is C26H30ClN5O3S. The number of nitrogens with one attached hydrogen (secondary N) is 1. The summed E-state index contributed by atoms with van der Waals surface area (Å²) in [6.07, 6.45) is 0.786. The Morgan fingerprint density at radius 2 is 1.78 bits per heavy atom. The number of benzene rings is 2. The van der Waals surface area contributed by atoms with E-state index in [2.05, 4.69) is 23.5 Å². The molecule has 3 aromatic rings. The monoisotopic (exact) mass is 527 g/mol. The van der Waals surface area contributed by atoms with E-state index < -0.39 is 17.9 Å². The maximum atomic E-state index is 13.9. The van der Waals surface area contributed by atoms with Gasteiger partial charge in [-0.15, -0.1) is 0 Å². The van der Waals surface area contributed by atoms with Crippen LogP contribution in [-0.2, 0) is 11.3 Å². The van der Waals surface area contributed by atoms with Crippen molar-refractivity contribution in [3.05, 3.63) is 80.8 Å². The molecule has 2 aromatic carbocycles. The van der Waals surface area contributed by atoms with E-state index >= 15 is 0 Å². The summed E-state index contributed by atoms with van der Waals surface area (Å²) in [7, 11) is 0. The summed E-state index contributed by atoms with van der Waals surface area (Å²) in [5, 5.41) is 3.42. The van der Waals surface area contributed by atoms with E-state index in [9.17, 15) is 14.4 Å². The lowest BCUT2D eigenvalue weighted by molar-refractivity contribution is -0.126. The van der Waals surface area contributed by atoms with Crippen LogP contribution in [0.15, 0.2) is 48.5 Å². The minimum atomic E-state index is -0.986. The van der Waals surface area contributed by atoms with Gasteiger partial charge in [0.2, 0.25) is 5.91 Å². The molecule has 36 heavy (non-hydrogen) atoms. The minimum absolute atomic E-state index is 0.0257. The summed E-state index contributed by atoms with van der Waals surface area (Å²) in [6, 6.07) is 13.5. The highest BCUT2D eigenvalue weighted by Crippen LogP contribution is 2.31. The molecule has 1 unspecified atom stereocenters. The summed E-state index contributed by atoms with van der Waals surface area (Å²) in [5.41, 5.74) is 13.5. The first-order valence-corrected chi connectivity index (χ1v) is 12.7. The van der Waals surface area contributed by atoms with Gasteiger partial charge in [0.05, 0.1) is 5.69 Å². The Labute approximate surface area is 219 Å². The van der Waals surface area contributed by atoms with Gasteiger partial charge in [-0.2, -0.15) is 4.37 Å². The number of amides is 3. The number of hydrogen-bond donors (Lipinski definition) is 3. The van der Waals surface area contributed by atoms with Gasteiger partial charge in [-0.1, -0.05) is 73.5 Å². The lowest BCUT2D eigenvalue weighted by Crippen LogP contribution is -2.43. The van der Waals surface area contributed by atoms with E-state index in [4.69, 9.17) is 23.1 Å². The Hall–Kier alpha value is -3.43. The molecule has 0 aliphatic carbocycles. The van der Waals surface area contributed by atoms with Crippen LogP contribution in [0, 0.1) is 12.8 Å². The zero-order chi connectivity index (χ0) is 26.4. The van der Waals surface area contributed by atoms with Crippen LogP contribution in [0.1, 0.15) is 63.2 Å². The van der Waals surface area contributed by atoms with E-state index in [-0.39, 0.29) is 28.7 Å². The first-order chi connectivity index (χ1) is 17.1. The second-order valence-corrected chi connectivity index (χ2v) is 10.1. The summed E-state index contributed by atoms with van der Waals surface area (Å²) in [6.45, 7) is 6.57. The van der Waals surface area contributed by atoms with Crippen molar-refractivity contribution in [1.82, 2.24) is 14.6 Å². The number of nitrogen functional groups attached to an aromatic ring is 1. The Kier molecular flexibility index (Phi) is 9.06. The molecule has 0 saturated heterocycles. The zero-order valence-electron chi connectivity index (χ0n) is 20.5. The van der Waals surface area contributed by atoms with Crippen LogP contribution >= 0.6 is 23.1 Å². The highest BCUT2D eigenvalue weighted by molar-refractivity contribution is 7.09. The molecule has 3 amide bonds. The van der Waals surface area contributed by atoms with Gasteiger partial charge in [0.25, 0.3) is 11.8 Å². The van der Waals surface area contributed by atoms with Crippen LogP contribution in [-0.4, -0.2) is 33.5 Å². The molecule has 3 rings (SSSR count). The molecule has 0 aliphatic heterocycles. The number of hydrogen-bond acceptors (Lipinski definition) is 6. The fourth-order valence-corrected chi connectivity index (χ4v) is 4.61. The SMILES string of the molecule is Cc1ccc(C(C(=O)NCCC(C)C)N(Cc2ccccc2Cl)C(=O)c2snc(C(N)=O)c2N)cc1. The van der Waals surface area contributed by atoms with Crippen LogP contribution in [0.2, 0.25) is 5.02 Å². The Balaban J connectivity index is 2.11. The van der Waals surface area contributed by atoms with E-state index in [1.165, 1.54) is 4.90 Å². The molecule has 5 N–H and O–H groups in total. The summed E-state index contributed by atoms with van der Waals surface area (Å²) < 4.78 is 3.97. The highest BCUT2D eigenvalue weighted by Gasteiger charge is 2.35.